The molecule has 1 aromatic heterocycles. The molecule has 1 atom stereocenters. The maximum Gasteiger partial charge on any atom is 0.138 e. The molecule has 0 radical (unpaired) electrons. The normalized spacial score (nSPS) is 12.6. The summed E-state index contributed by atoms with van der Waals surface area (Å²) in [6.07, 6.45) is 3.15. The summed E-state index contributed by atoms with van der Waals surface area (Å²) in [4.78, 5) is 4.28. The molecule has 0 fully saturated rings. The minimum atomic E-state index is -0.222. The van der Waals surface area contributed by atoms with Crippen LogP contribution in [0.1, 0.15) is 30.8 Å². The molecule has 1 unspecified atom stereocenters. The Morgan fingerprint density at radius 1 is 1.45 bits per heavy atom. The standard InChI is InChI=1S/C14H18BrFN4/c1-3-6-20-14(18-9-19-20)8-13(17-2)11-5-4-10(15)7-12(11)16/h4-5,7,9,13,17H,3,6,8H2,1-2H3. The van der Waals surface area contributed by atoms with Crippen LogP contribution >= 0.6 is 15.9 Å². The van der Waals surface area contributed by atoms with Gasteiger partial charge < -0.3 is 5.32 Å². The third kappa shape index (κ3) is 3.43. The number of aromatic nitrogens is 3. The van der Waals surface area contributed by atoms with E-state index < -0.39 is 0 Å². The second kappa shape index (κ2) is 6.95. The van der Waals surface area contributed by atoms with Crippen molar-refractivity contribution >= 4 is 15.9 Å². The van der Waals surface area contributed by atoms with E-state index in [1.165, 1.54) is 6.07 Å². The van der Waals surface area contributed by atoms with Crippen molar-refractivity contribution in [3.8, 4) is 0 Å². The molecule has 0 aliphatic rings. The van der Waals surface area contributed by atoms with E-state index in [0.717, 1.165) is 23.3 Å². The van der Waals surface area contributed by atoms with Crippen LogP contribution in [0.4, 0.5) is 4.39 Å². The molecular formula is C14H18BrFN4. The number of benzene rings is 1. The van der Waals surface area contributed by atoms with Gasteiger partial charge in [-0.05, 0) is 25.6 Å². The summed E-state index contributed by atoms with van der Waals surface area (Å²) in [5, 5.41) is 7.35. The SMILES string of the molecule is CCCn1ncnc1CC(NC)c1ccc(Br)cc1F. The van der Waals surface area contributed by atoms with Gasteiger partial charge in [-0.15, -0.1) is 0 Å². The number of rotatable bonds is 6. The van der Waals surface area contributed by atoms with Gasteiger partial charge in [0.25, 0.3) is 0 Å². The lowest BCUT2D eigenvalue weighted by Crippen LogP contribution is -2.22. The molecule has 0 bridgehead atoms. The monoisotopic (exact) mass is 340 g/mol. The van der Waals surface area contributed by atoms with Gasteiger partial charge in [-0.1, -0.05) is 28.9 Å². The molecule has 0 aliphatic heterocycles. The first kappa shape index (κ1) is 15.1. The molecule has 20 heavy (non-hydrogen) atoms. The summed E-state index contributed by atoms with van der Waals surface area (Å²) in [7, 11) is 1.83. The minimum absolute atomic E-state index is 0.122. The molecule has 0 saturated carbocycles. The number of aryl methyl sites for hydroxylation is 1. The molecule has 2 aromatic rings. The van der Waals surface area contributed by atoms with Crippen molar-refractivity contribution in [2.45, 2.75) is 32.4 Å². The van der Waals surface area contributed by atoms with E-state index >= 15 is 0 Å². The summed E-state index contributed by atoms with van der Waals surface area (Å²) in [5.41, 5.74) is 0.641. The van der Waals surface area contributed by atoms with Gasteiger partial charge in [0.05, 0.1) is 0 Å². The van der Waals surface area contributed by atoms with Gasteiger partial charge in [0.15, 0.2) is 0 Å². The van der Waals surface area contributed by atoms with Gasteiger partial charge in [0.2, 0.25) is 0 Å². The van der Waals surface area contributed by atoms with E-state index in [9.17, 15) is 4.39 Å². The van der Waals surface area contributed by atoms with Gasteiger partial charge >= 0.3 is 0 Å². The van der Waals surface area contributed by atoms with E-state index in [-0.39, 0.29) is 11.9 Å². The Kier molecular flexibility index (Phi) is 5.25. The first-order chi connectivity index (χ1) is 9.65. The molecule has 6 heteroatoms. The van der Waals surface area contributed by atoms with Crippen molar-refractivity contribution in [3.63, 3.8) is 0 Å². The van der Waals surface area contributed by atoms with Crippen LogP contribution in [-0.2, 0) is 13.0 Å². The van der Waals surface area contributed by atoms with Crippen molar-refractivity contribution in [2.24, 2.45) is 0 Å². The highest BCUT2D eigenvalue weighted by atomic mass is 79.9. The van der Waals surface area contributed by atoms with Crippen LogP contribution in [0.3, 0.4) is 0 Å². The van der Waals surface area contributed by atoms with Crippen molar-refractivity contribution in [2.75, 3.05) is 7.05 Å². The number of hydrogen-bond donors (Lipinski definition) is 1. The molecular weight excluding hydrogens is 323 g/mol. The first-order valence-corrected chi connectivity index (χ1v) is 7.44. The Balaban J connectivity index is 2.22. The maximum atomic E-state index is 14.1. The molecule has 108 valence electrons. The van der Waals surface area contributed by atoms with Crippen LogP contribution in [0.2, 0.25) is 0 Å². The highest BCUT2D eigenvalue weighted by molar-refractivity contribution is 9.10. The van der Waals surface area contributed by atoms with E-state index in [4.69, 9.17) is 0 Å². The van der Waals surface area contributed by atoms with Gasteiger partial charge in [-0.2, -0.15) is 5.10 Å². The van der Waals surface area contributed by atoms with E-state index in [1.807, 2.05) is 17.8 Å². The Morgan fingerprint density at radius 3 is 2.90 bits per heavy atom. The lowest BCUT2D eigenvalue weighted by atomic mass is 10.0. The molecule has 1 heterocycles. The van der Waals surface area contributed by atoms with Crippen molar-refractivity contribution < 1.29 is 4.39 Å². The predicted molar refractivity (Wildman–Crippen MR) is 79.9 cm³/mol. The zero-order chi connectivity index (χ0) is 14.5. The van der Waals surface area contributed by atoms with Crippen LogP contribution in [0.5, 0.6) is 0 Å². The highest BCUT2D eigenvalue weighted by Crippen LogP contribution is 2.23. The predicted octanol–water partition coefficient (Wildman–Crippen LogP) is 3.09. The van der Waals surface area contributed by atoms with E-state index in [0.29, 0.717) is 12.0 Å². The van der Waals surface area contributed by atoms with Crippen molar-refractivity contribution in [3.05, 3.63) is 46.2 Å². The van der Waals surface area contributed by atoms with E-state index in [1.54, 1.807) is 12.4 Å². The average molecular weight is 341 g/mol. The Hall–Kier alpha value is -1.27. The Morgan fingerprint density at radius 2 is 2.25 bits per heavy atom. The van der Waals surface area contributed by atoms with Gasteiger partial charge in [-0.3, -0.25) is 4.68 Å². The molecule has 4 nitrogen and oxygen atoms in total. The molecule has 0 aliphatic carbocycles. The minimum Gasteiger partial charge on any atom is -0.313 e. The molecule has 1 N–H and O–H groups in total. The topological polar surface area (TPSA) is 42.7 Å². The molecule has 0 saturated heterocycles. The number of nitrogens with one attached hydrogen (secondary N) is 1. The number of nitrogens with zero attached hydrogens (tertiary/aromatic N) is 3. The summed E-state index contributed by atoms with van der Waals surface area (Å²) in [5.74, 6) is 0.647. The lowest BCUT2D eigenvalue weighted by molar-refractivity contribution is 0.496. The largest absolute Gasteiger partial charge is 0.313 e. The quantitative estimate of drug-likeness (QED) is 0.878. The molecule has 1 aromatic carbocycles. The van der Waals surface area contributed by atoms with Crippen LogP contribution < -0.4 is 5.32 Å². The summed E-state index contributed by atoms with van der Waals surface area (Å²) >= 11 is 3.27. The number of halogens is 2. The lowest BCUT2D eigenvalue weighted by Gasteiger charge is -2.17. The third-order valence-electron chi connectivity index (χ3n) is 3.20. The van der Waals surface area contributed by atoms with Crippen molar-refractivity contribution in [1.29, 1.82) is 0 Å². The number of hydrogen-bond acceptors (Lipinski definition) is 3. The highest BCUT2D eigenvalue weighted by Gasteiger charge is 2.17. The van der Waals surface area contributed by atoms with Crippen LogP contribution in [-0.4, -0.2) is 21.8 Å². The zero-order valence-electron chi connectivity index (χ0n) is 11.6. The summed E-state index contributed by atoms with van der Waals surface area (Å²) < 4.78 is 16.7. The van der Waals surface area contributed by atoms with Crippen LogP contribution in [0.15, 0.2) is 29.0 Å². The second-order valence-corrected chi connectivity index (χ2v) is 5.53. The zero-order valence-corrected chi connectivity index (χ0v) is 13.2. The maximum absolute atomic E-state index is 14.1. The first-order valence-electron chi connectivity index (χ1n) is 6.64. The molecule has 2 rings (SSSR count). The van der Waals surface area contributed by atoms with Gasteiger partial charge in [0.1, 0.15) is 18.0 Å². The van der Waals surface area contributed by atoms with Crippen LogP contribution in [0.25, 0.3) is 0 Å². The Labute approximate surface area is 126 Å². The number of likely N-dealkylation sites (N-methyl/N-ethyl adjacent to an activating group) is 1. The summed E-state index contributed by atoms with van der Waals surface area (Å²) in [6, 6.07) is 5.00. The molecule has 0 amide bonds. The Bertz CT molecular complexity index is 570. The van der Waals surface area contributed by atoms with E-state index in [2.05, 4.69) is 38.3 Å². The average Bonchev–Trinajstić information content (AvgIpc) is 2.84. The smallest absolute Gasteiger partial charge is 0.138 e. The fourth-order valence-corrected chi connectivity index (χ4v) is 2.51. The van der Waals surface area contributed by atoms with Crippen LogP contribution in [0, 0.1) is 5.82 Å². The van der Waals surface area contributed by atoms with Gasteiger partial charge in [0, 0.05) is 29.0 Å². The second-order valence-electron chi connectivity index (χ2n) is 4.61. The summed E-state index contributed by atoms with van der Waals surface area (Å²) in [6.45, 7) is 2.92. The van der Waals surface area contributed by atoms with Crippen molar-refractivity contribution in [1.82, 2.24) is 20.1 Å². The van der Waals surface area contributed by atoms with Gasteiger partial charge in [-0.25, -0.2) is 9.37 Å². The third-order valence-corrected chi connectivity index (χ3v) is 3.70. The fourth-order valence-electron chi connectivity index (χ4n) is 2.18. The fraction of sp³-hybridized carbons (Fsp3) is 0.429. The molecule has 0 spiro atoms.